The van der Waals surface area contributed by atoms with Crippen LogP contribution in [0.25, 0.3) is 10.9 Å². The maximum Gasteiger partial charge on any atom is 0.116 e. The highest BCUT2D eigenvalue weighted by atomic mass is 16.3. The molecule has 0 saturated carbocycles. The molecule has 0 amide bonds. The van der Waals surface area contributed by atoms with Crippen LogP contribution < -0.4 is 0 Å². The average molecular weight is 186 g/mol. The summed E-state index contributed by atoms with van der Waals surface area (Å²) in [7, 11) is 1.91. The molecule has 0 spiro atoms. The van der Waals surface area contributed by atoms with Gasteiger partial charge in [0.2, 0.25) is 0 Å². The van der Waals surface area contributed by atoms with Crippen LogP contribution in [0.5, 0.6) is 5.75 Å². The number of nitrogens with zero attached hydrogens (tertiary/aromatic N) is 2. The summed E-state index contributed by atoms with van der Waals surface area (Å²) in [5.41, 5.74) is 2.53. The van der Waals surface area contributed by atoms with E-state index in [1.807, 2.05) is 24.6 Å². The number of fused-ring (bicyclic) bond motifs is 1. The first kappa shape index (κ1) is 8.64. The minimum Gasteiger partial charge on any atom is -0.508 e. The van der Waals surface area contributed by atoms with Crippen molar-refractivity contribution in [2.75, 3.05) is 0 Å². The van der Waals surface area contributed by atoms with Gasteiger partial charge in [-0.3, -0.25) is 0 Å². The minimum atomic E-state index is 0.194. The molecule has 0 aliphatic heterocycles. The Kier molecular flexibility index (Phi) is 1.71. The summed E-state index contributed by atoms with van der Waals surface area (Å²) in [6.07, 6.45) is 0. The summed E-state index contributed by atoms with van der Waals surface area (Å²) in [6.45, 7) is 1.90. The number of aromatic hydroxyl groups is 1. The number of nitriles is 1. The molecule has 1 aromatic carbocycles. The van der Waals surface area contributed by atoms with Gasteiger partial charge in [0.1, 0.15) is 11.8 Å². The van der Waals surface area contributed by atoms with Crippen molar-refractivity contribution >= 4 is 10.9 Å². The van der Waals surface area contributed by atoms with E-state index in [1.165, 1.54) is 0 Å². The Labute approximate surface area is 81.8 Å². The summed E-state index contributed by atoms with van der Waals surface area (Å²) in [5.74, 6) is 0.194. The number of phenols is 1. The number of phenolic OH excluding ortho intramolecular Hbond substituents is 1. The van der Waals surface area contributed by atoms with Crippen LogP contribution >= 0.6 is 0 Å². The number of rotatable bonds is 0. The Morgan fingerprint density at radius 3 is 2.79 bits per heavy atom. The van der Waals surface area contributed by atoms with Gasteiger partial charge in [0, 0.05) is 23.6 Å². The standard InChI is InChI=1S/C11H10N2O/c1-7-10(6-12)9-5-8(14)3-4-11(9)13(7)2/h3-5,14H,1-2H3. The van der Waals surface area contributed by atoms with Crippen LogP contribution in [-0.4, -0.2) is 9.67 Å². The Balaban J connectivity index is 2.98. The molecule has 1 N–H and O–H groups in total. The smallest absolute Gasteiger partial charge is 0.116 e. The van der Waals surface area contributed by atoms with Crippen molar-refractivity contribution < 1.29 is 5.11 Å². The van der Waals surface area contributed by atoms with Crippen molar-refractivity contribution in [2.24, 2.45) is 7.05 Å². The Bertz CT molecular complexity index is 546. The number of aromatic nitrogens is 1. The molecule has 70 valence electrons. The van der Waals surface area contributed by atoms with Crippen LogP contribution in [0.15, 0.2) is 18.2 Å². The molecule has 14 heavy (non-hydrogen) atoms. The fourth-order valence-electron chi connectivity index (χ4n) is 1.70. The van der Waals surface area contributed by atoms with E-state index in [-0.39, 0.29) is 5.75 Å². The normalized spacial score (nSPS) is 10.4. The summed E-state index contributed by atoms with van der Waals surface area (Å²) in [4.78, 5) is 0. The highest BCUT2D eigenvalue weighted by Gasteiger charge is 2.11. The zero-order valence-corrected chi connectivity index (χ0v) is 8.07. The Morgan fingerprint density at radius 2 is 2.14 bits per heavy atom. The zero-order valence-electron chi connectivity index (χ0n) is 8.07. The van der Waals surface area contributed by atoms with Crippen LogP contribution in [0, 0.1) is 18.3 Å². The quantitative estimate of drug-likeness (QED) is 0.684. The fraction of sp³-hybridized carbons (Fsp3) is 0.182. The largest absolute Gasteiger partial charge is 0.508 e. The van der Waals surface area contributed by atoms with Crippen molar-refractivity contribution in [1.82, 2.24) is 4.57 Å². The molecule has 1 heterocycles. The van der Waals surface area contributed by atoms with E-state index in [1.54, 1.807) is 12.1 Å². The first-order valence-corrected chi connectivity index (χ1v) is 4.33. The number of benzene rings is 1. The topological polar surface area (TPSA) is 48.9 Å². The highest BCUT2D eigenvalue weighted by Crippen LogP contribution is 2.27. The van der Waals surface area contributed by atoms with Crippen LogP contribution in [0.3, 0.4) is 0 Å². The van der Waals surface area contributed by atoms with E-state index < -0.39 is 0 Å². The second-order valence-corrected chi connectivity index (χ2v) is 3.33. The molecule has 0 saturated heterocycles. The van der Waals surface area contributed by atoms with Gasteiger partial charge in [-0.15, -0.1) is 0 Å². The summed E-state index contributed by atoms with van der Waals surface area (Å²) < 4.78 is 1.95. The van der Waals surface area contributed by atoms with Crippen molar-refractivity contribution in [3.63, 3.8) is 0 Å². The molecule has 0 bridgehead atoms. The van der Waals surface area contributed by atoms with Gasteiger partial charge in [-0.1, -0.05) is 0 Å². The fourth-order valence-corrected chi connectivity index (χ4v) is 1.70. The van der Waals surface area contributed by atoms with Crippen molar-refractivity contribution in [1.29, 1.82) is 5.26 Å². The molecule has 2 aromatic rings. The lowest BCUT2D eigenvalue weighted by molar-refractivity contribution is 0.476. The lowest BCUT2D eigenvalue weighted by atomic mass is 10.1. The second kappa shape index (κ2) is 2.78. The van der Waals surface area contributed by atoms with E-state index >= 15 is 0 Å². The van der Waals surface area contributed by atoms with Gasteiger partial charge in [0.25, 0.3) is 0 Å². The summed E-state index contributed by atoms with van der Waals surface area (Å²) in [6, 6.07) is 7.23. The second-order valence-electron chi connectivity index (χ2n) is 3.33. The molecule has 0 atom stereocenters. The Morgan fingerprint density at radius 1 is 1.43 bits per heavy atom. The van der Waals surface area contributed by atoms with Crippen LogP contribution in [0.2, 0.25) is 0 Å². The third-order valence-electron chi connectivity index (χ3n) is 2.59. The number of hydrogen-bond acceptors (Lipinski definition) is 2. The third kappa shape index (κ3) is 0.975. The Hall–Kier alpha value is -1.95. The first-order valence-electron chi connectivity index (χ1n) is 4.33. The first-order chi connectivity index (χ1) is 6.65. The molecule has 3 nitrogen and oxygen atoms in total. The number of aryl methyl sites for hydroxylation is 1. The van der Waals surface area contributed by atoms with Crippen LogP contribution in [0.1, 0.15) is 11.3 Å². The van der Waals surface area contributed by atoms with Gasteiger partial charge in [0.05, 0.1) is 5.56 Å². The van der Waals surface area contributed by atoms with Gasteiger partial charge in [0.15, 0.2) is 0 Å². The lowest BCUT2D eigenvalue weighted by Gasteiger charge is -1.97. The van der Waals surface area contributed by atoms with Gasteiger partial charge >= 0.3 is 0 Å². The van der Waals surface area contributed by atoms with Gasteiger partial charge < -0.3 is 9.67 Å². The molecule has 3 heteroatoms. The van der Waals surface area contributed by atoms with Crippen molar-refractivity contribution in [2.45, 2.75) is 6.92 Å². The molecule has 0 unspecified atom stereocenters. The molecule has 0 radical (unpaired) electrons. The predicted octanol–water partition coefficient (Wildman–Crippen LogP) is 2.06. The highest BCUT2D eigenvalue weighted by molar-refractivity contribution is 5.89. The van der Waals surface area contributed by atoms with Crippen LogP contribution in [0.4, 0.5) is 0 Å². The predicted molar refractivity (Wildman–Crippen MR) is 54.0 cm³/mol. The molecule has 0 fully saturated rings. The van der Waals surface area contributed by atoms with E-state index in [0.717, 1.165) is 16.6 Å². The third-order valence-corrected chi connectivity index (χ3v) is 2.59. The zero-order chi connectivity index (χ0) is 10.3. The molecule has 0 aliphatic rings. The maximum absolute atomic E-state index is 9.33. The average Bonchev–Trinajstić information content (AvgIpc) is 2.39. The van der Waals surface area contributed by atoms with Crippen molar-refractivity contribution in [3.8, 4) is 11.8 Å². The molecule has 1 aromatic heterocycles. The molecular weight excluding hydrogens is 176 g/mol. The minimum absolute atomic E-state index is 0.194. The summed E-state index contributed by atoms with van der Waals surface area (Å²) >= 11 is 0. The lowest BCUT2D eigenvalue weighted by Crippen LogP contribution is -1.89. The number of hydrogen-bond donors (Lipinski definition) is 1. The van der Waals surface area contributed by atoms with Gasteiger partial charge in [-0.05, 0) is 25.1 Å². The van der Waals surface area contributed by atoms with Gasteiger partial charge in [-0.25, -0.2) is 0 Å². The van der Waals surface area contributed by atoms with E-state index in [9.17, 15) is 5.11 Å². The molecule has 2 rings (SSSR count). The molecular formula is C11H10N2O. The van der Waals surface area contributed by atoms with Crippen LogP contribution in [-0.2, 0) is 7.05 Å². The SMILES string of the molecule is Cc1c(C#N)c2cc(O)ccc2n1C. The van der Waals surface area contributed by atoms with E-state index in [0.29, 0.717) is 5.56 Å². The van der Waals surface area contributed by atoms with E-state index in [2.05, 4.69) is 6.07 Å². The maximum atomic E-state index is 9.33. The van der Waals surface area contributed by atoms with Crippen molar-refractivity contribution in [3.05, 3.63) is 29.5 Å². The van der Waals surface area contributed by atoms with E-state index in [4.69, 9.17) is 5.26 Å². The monoisotopic (exact) mass is 186 g/mol. The molecule has 0 aliphatic carbocycles. The summed E-state index contributed by atoms with van der Waals surface area (Å²) in [5, 5.41) is 19.1. The van der Waals surface area contributed by atoms with Gasteiger partial charge in [-0.2, -0.15) is 5.26 Å².